The fourth-order valence-electron chi connectivity index (χ4n) is 0.623. The fourth-order valence-corrected chi connectivity index (χ4v) is 0.623. The summed E-state index contributed by atoms with van der Waals surface area (Å²) in [5.74, 6) is -9.50. The van der Waals surface area contributed by atoms with Crippen molar-refractivity contribution < 1.29 is 39.6 Å². The van der Waals surface area contributed by atoms with Crippen molar-refractivity contribution in [3.05, 3.63) is 0 Å². The molecule has 78 valence electrons. The minimum atomic E-state index is -3.66. The average molecular weight is 203 g/mol. The Morgan fingerprint density at radius 3 is 1.71 bits per heavy atom. The molecule has 8 nitrogen and oxygen atoms in total. The molecule has 0 fully saturated rings. The van der Waals surface area contributed by atoms with Crippen molar-refractivity contribution in [2.45, 2.75) is 12.0 Å². The van der Waals surface area contributed by atoms with Crippen molar-refractivity contribution in [2.75, 3.05) is 0 Å². The van der Waals surface area contributed by atoms with Gasteiger partial charge in [-0.25, -0.2) is 0 Å². The molecule has 0 aromatic rings. The summed E-state index contributed by atoms with van der Waals surface area (Å²) < 4.78 is 0. The summed E-state index contributed by atoms with van der Waals surface area (Å²) in [6.07, 6.45) is -1.72. The molecule has 0 aliphatic heterocycles. The Labute approximate surface area is 76.4 Å². The molecule has 0 saturated heterocycles. The number of hydrogen-bond donors (Lipinski definition) is 1. The zero-order chi connectivity index (χ0) is 11.5. The predicted octanol–water partition coefficient (Wildman–Crippen LogP) is -6.07. The van der Waals surface area contributed by atoms with E-state index < -0.39 is 35.7 Å². The van der Waals surface area contributed by atoms with Crippen molar-refractivity contribution in [1.29, 1.82) is 0 Å². The lowest BCUT2D eigenvalue weighted by atomic mass is 9.94. The van der Waals surface area contributed by atoms with Gasteiger partial charge in [0.1, 0.15) is 5.97 Å². The number of hydrogen-bond acceptors (Lipinski definition) is 8. The van der Waals surface area contributed by atoms with Gasteiger partial charge in [0.25, 0.3) is 0 Å². The van der Waals surface area contributed by atoms with Gasteiger partial charge in [-0.3, -0.25) is 4.79 Å². The Bertz CT molecular complexity index is 305. The smallest absolute Gasteiger partial charge is 0.215 e. The monoisotopic (exact) mass is 203 g/mol. The van der Waals surface area contributed by atoms with Gasteiger partial charge in [0, 0.05) is 12.4 Å². The Kier molecular flexibility index (Phi) is 3.30. The highest BCUT2D eigenvalue weighted by atomic mass is 16.4. The van der Waals surface area contributed by atoms with Crippen LogP contribution in [0, 0.1) is 0 Å². The van der Waals surface area contributed by atoms with Crippen LogP contribution in [-0.4, -0.2) is 34.4 Å². The maximum Gasteiger partial charge on any atom is 0.215 e. The lowest BCUT2D eigenvalue weighted by Crippen LogP contribution is -2.60. The number of aliphatic carboxylic acids is 3. The van der Waals surface area contributed by atoms with Crippen LogP contribution in [0.1, 0.15) is 6.42 Å². The summed E-state index contributed by atoms with van der Waals surface area (Å²) in [5, 5.41) is 38.8. The molecular weight excluding hydrogens is 200 g/mol. The third kappa shape index (κ3) is 2.26. The topological polar surface area (TPSA) is 158 Å². The number of carboxylic acid groups (broad SMARTS) is 3. The third-order valence-electron chi connectivity index (χ3n) is 1.30. The van der Waals surface area contributed by atoms with Gasteiger partial charge in [0.15, 0.2) is 5.60 Å². The molecule has 8 heteroatoms. The number of carbonyl (C=O) groups excluding carboxylic acids is 4. The molecule has 0 aliphatic rings. The van der Waals surface area contributed by atoms with E-state index in [-0.39, 0.29) is 0 Å². The first-order valence-corrected chi connectivity index (χ1v) is 3.11. The van der Waals surface area contributed by atoms with Crippen molar-refractivity contribution in [3.63, 3.8) is 0 Å². The van der Waals surface area contributed by atoms with Gasteiger partial charge < -0.3 is 34.8 Å². The minimum Gasteiger partial charge on any atom is -0.550 e. The van der Waals surface area contributed by atoms with E-state index in [0.29, 0.717) is 0 Å². The molecule has 0 bridgehead atoms. The number of carboxylic acids is 3. The summed E-state index contributed by atoms with van der Waals surface area (Å²) in [5.41, 5.74) is -3.66. The molecule has 1 N–H and O–H groups in total. The van der Waals surface area contributed by atoms with Crippen LogP contribution >= 0.6 is 0 Å². The van der Waals surface area contributed by atoms with Crippen LogP contribution in [0.3, 0.4) is 0 Å². The third-order valence-corrected chi connectivity index (χ3v) is 1.30. The Hall–Kier alpha value is -1.96. The lowest BCUT2D eigenvalue weighted by molar-refractivity contribution is -0.333. The van der Waals surface area contributed by atoms with Crippen LogP contribution in [0.15, 0.2) is 0 Å². The Morgan fingerprint density at radius 2 is 1.50 bits per heavy atom. The first-order valence-electron chi connectivity index (χ1n) is 3.11. The molecule has 0 aromatic carbocycles. The van der Waals surface area contributed by atoms with E-state index in [1.165, 1.54) is 0 Å². The number of rotatable bonds is 5. The van der Waals surface area contributed by atoms with E-state index in [0.717, 1.165) is 0 Å². The van der Waals surface area contributed by atoms with Crippen LogP contribution < -0.4 is 15.3 Å². The van der Waals surface area contributed by atoms with E-state index in [9.17, 15) is 34.5 Å². The van der Waals surface area contributed by atoms with Gasteiger partial charge >= 0.3 is 0 Å². The largest absolute Gasteiger partial charge is 0.550 e. The van der Waals surface area contributed by atoms with Gasteiger partial charge in [0.05, 0.1) is 5.97 Å². The molecule has 0 amide bonds. The van der Waals surface area contributed by atoms with Crippen molar-refractivity contribution in [2.24, 2.45) is 0 Å². The molecule has 0 saturated carbocycles. The van der Waals surface area contributed by atoms with Gasteiger partial charge in [-0.2, -0.15) is 0 Å². The van der Waals surface area contributed by atoms with Crippen molar-refractivity contribution >= 4 is 23.7 Å². The molecule has 0 aliphatic carbocycles. The quantitative estimate of drug-likeness (QED) is 0.341. The number of ketones is 1. The van der Waals surface area contributed by atoms with Crippen LogP contribution in [0.5, 0.6) is 0 Å². The Morgan fingerprint density at radius 1 is 1.07 bits per heavy atom. The van der Waals surface area contributed by atoms with E-state index in [4.69, 9.17) is 5.11 Å². The maximum absolute atomic E-state index is 10.5. The van der Waals surface area contributed by atoms with Gasteiger partial charge in [-0.05, 0) is 0 Å². The zero-order valence-electron chi connectivity index (χ0n) is 6.51. The molecular formula is C6H3O8-3. The summed E-state index contributed by atoms with van der Waals surface area (Å²) in [6, 6.07) is 0. The summed E-state index contributed by atoms with van der Waals surface area (Å²) in [4.78, 5) is 40.5. The first kappa shape index (κ1) is 12.0. The highest BCUT2D eigenvalue weighted by Gasteiger charge is 2.38. The van der Waals surface area contributed by atoms with Gasteiger partial charge in [-0.1, -0.05) is 0 Å². The molecule has 1 atom stereocenters. The van der Waals surface area contributed by atoms with Gasteiger partial charge in [-0.15, -0.1) is 0 Å². The van der Waals surface area contributed by atoms with Crippen LogP contribution in [0.25, 0.3) is 0 Å². The molecule has 1 unspecified atom stereocenters. The summed E-state index contributed by atoms with van der Waals surface area (Å²) in [6.45, 7) is 0. The van der Waals surface area contributed by atoms with Crippen LogP contribution in [-0.2, 0) is 19.2 Å². The second-order valence-corrected chi connectivity index (χ2v) is 2.31. The number of Topliss-reactive ketones (excluding diaryl/α,β-unsaturated/α-hetero) is 1. The fraction of sp³-hybridized carbons (Fsp3) is 0.333. The van der Waals surface area contributed by atoms with Gasteiger partial charge in [0.2, 0.25) is 5.78 Å². The van der Waals surface area contributed by atoms with Crippen LogP contribution in [0.4, 0.5) is 0 Å². The summed E-state index contributed by atoms with van der Waals surface area (Å²) in [7, 11) is 0. The second kappa shape index (κ2) is 3.83. The highest BCUT2D eigenvalue weighted by Crippen LogP contribution is 2.10. The van der Waals surface area contributed by atoms with E-state index >= 15 is 0 Å². The number of aliphatic hydroxyl groups is 1. The molecule has 0 rings (SSSR count). The average Bonchev–Trinajstić information content (AvgIpc) is 2.00. The maximum atomic E-state index is 10.5. The highest BCUT2D eigenvalue weighted by molar-refractivity contribution is 6.40. The van der Waals surface area contributed by atoms with E-state index in [1.807, 2.05) is 0 Å². The molecule has 0 spiro atoms. The normalized spacial score (nSPS) is 14.1. The number of carbonyl (C=O) groups is 4. The first-order chi connectivity index (χ1) is 6.21. The SMILES string of the molecule is O=C([O-])CC(O)(C(=O)[O-])C(=O)C(=O)[O-]. The zero-order valence-corrected chi connectivity index (χ0v) is 6.51. The molecule has 0 radical (unpaired) electrons. The molecule has 14 heavy (non-hydrogen) atoms. The standard InChI is InChI=1S/C6H6O8/c7-2(8)1-6(14,5(12)13)3(9)4(10)11/h14H,1H2,(H,7,8)(H,10,11)(H,12,13)/p-3. The van der Waals surface area contributed by atoms with E-state index in [1.54, 1.807) is 0 Å². The molecule has 0 heterocycles. The second-order valence-electron chi connectivity index (χ2n) is 2.31. The lowest BCUT2D eigenvalue weighted by Gasteiger charge is -2.27. The van der Waals surface area contributed by atoms with Crippen molar-refractivity contribution in [3.8, 4) is 0 Å². The molecule has 0 aromatic heterocycles. The Balaban J connectivity index is 5.10. The summed E-state index contributed by atoms with van der Waals surface area (Å²) >= 11 is 0. The van der Waals surface area contributed by atoms with E-state index in [2.05, 4.69) is 0 Å². The predicted molar refractivity (Wildman–Crippen MR) is 29.6 cm³/mol. The van der Waals surface area contributed by atoms with Crippen molar-refractivity contribution in [1.82, 2.24) is 0 Å². The minimum absolute atomic E-state index is 1.72. The van der Waals surface area contributed by atoms with Crippen LogP contribution in [0.2, 0.25) is 0 Å².